The second kappa shape index (κ2) is 4.51. The number of hydrogen-bond acceptors (Lipinski definition) is 5. The molecular weight excluding hydrogens is 250 g/mol. The monoisotopic (exact) mass is 263 g/mol. The van der Waals surface area contributed by atoms with Crippen LogP contribution in [0.3, 0.4) is 0 Å². The van der Waals surface area contributed by atoms with Crippen LogP contribution in [0.2, 0.25) is 0 Å². The highest BCUT2D eigenvalue weighted by Gasteiger charge is 2.17. The molecule has 94 valence electrons. The first-order valence-corrected chi connectivity index (χ1v) is 6.53. The van der Waals surface area contributed by atoms with Crippen molar-refractivity contribution >= 4 is 22.2 Å². The molecule has 6 nitrogen and oxygen atoms in total. The Hall–Kier alpha value is -1.73. The first kappa shape index (κ1) is 11.4. The van der Waals surface area contributed by atoms with Gasteiger partial charge >= 0.3 is 0 Å². The number of amides is 1. The molecule has 3 rings (SSSR count). The molecule has 2 N–H and O–H groups in total. The third kappa shape index (κ3) is 2.14. The molecule has 1 amide bonds. The zero-order chi connectivity index (χ0) is 12.5. The van der Waals surface area contributed by atoms with E-state index in [1.165, 1.54) is 11.3 Å². The van der Waals surface area contributed by atoms with Crippen LogP contribution in [0.5, 0.6) is 0 Å². The maximum absolute atomic E-state index is 11.8. The minimum absolute atomic E-state index is 0.0238. The number of nitrogens with zero attached hydrogens (tertiary/aromatic N) is 3. The summed E-state index contributed by atoms with van der Waals surface area (Å²) in [4.78, 5) is 17.0. The highest BCUT2D eigenvalue weighted by atomic mass is 32.1. The molecule has 2 aromatic heterocycles. The molecule has 1 unspecified atom stereocenters. The maximum Gasteiger partial charge on any atom is 0.241 e. The number of hydrogen-bond donors (Lipinski definition) is 2. The van der Waals surface area contributed by atoms with Crippen LogP contribution in [-0.2, 0) is 11.3 Å². The van der Waals surface area contributed by atoms with Crippen LogP contribution in [-0.4, -0.2) is 33.1 Å². The van der Waals surface area contributed by atoms with Gasteiger partial charge in [-0.25, -0.2) is 9.50 Å². The summed E-state index contributed by atoms with van der Waals surface area (Å²) in [5.74, 6) is -0.0238. The Bertz CT molecular complexity index is 583. The summed E-state index contributed by atoms with van der Waals surface area (Å²) in [7, 11) is 0. The summed E-state index contributed by atoms with van der Waals surface area (Å²) in [5.41, 5.74) is 0.823. The van der Waals surface area contributed by atoms with E-state index in [4.69, 9.17) is 0 Å². The number of nitrogens with one attached hydrogen (secondary N) is 2. The molecule has 0 saturated carbocycles. The van der Waals surface area contributed by atoms with Crippen molar-refractivity contribution in [2.75, 3.05) is 6.54 Å². The lowest BCUT2D eigenvalue weighted by atomic mass is 10.3. The quantitative estimate of drug-likeness (QED) is 0.778. The van der Waals surface area contributed by atoms with Gasteiger partial charge in [-0.2, -0.15) is 5.10 Å². The molecule has 0 bridgehead atoms. The van der Waals surface area contributed by atoms with E-state index >= 15 is 0 Å². The predicted molar refractivity (Wildman–Crippen MR) is 68.4 cm³/mol. The highest BCUT2D eigenvalue weighted by molar-refractivity contribution is 7.16. The Morgan fingerprint density at radius 2 is 2.61 bits per heavy atom. The third-order valence-electron chi connectivity index (χ3n) is 2.70. The first-order chi connectivity index (χ1) is 8.72. The topological polar surface area (TPSA) is 71.3 Å². The summed E-state index contributed by atoms with van der Waals surface area (Å²) in [6.45, 7) is 3.13. The van der Waals surface area contributed by atoms with E-state index in [9.17, 15) is 4.79 Å². The fourth-order valence-electron chi connectivity index (χ4n) is 1.86. The zero-order valence-electron chi connectivity index (χ0n) is 9.88. The van der Waals surface area contributed by atoms with Crippen molar-refractivity contribution in [3.8, 4) is 0 Å². The molecule has 2 aromatic rings. The van der Waals surface area contributed by atoms with Gasteiger partial charge < -0.3 is 5.32 Å². The Kier molecular flexibility index (Phi) is 2.85. The van der Waals surface area contributed by atoms with Gasteiger partial charge in [0.2, 0.25) is 10.9 Å². The van der Waals surface area contributed by atoms with Crippen molar-refractivity contribution in [3.05, 3.63) is 29.1 Å². The van der Waals surface area contributed by atoms with Crippen molar-refractivity contribution in [2.45, 2.75) is 19.5 Å². The highest BCUT2D eigenvalue weighted by Crippen LogP contribution is 2.13. The van der Waals surface area contributed by atoms with E-state index in [0.29, 0.717) is 6.54 Å². The van der Waals surface area contributed by atoms with Crippen molar-refractivity contribution in [3.63, 3.8) is 0 Å². The van der Waals surface area contributed by atoms with Gasteiger partial charge in [-0.1, -0.05) is 23.5 Å². The molecule has 1 atom stereocenters. The van der Waals surface area contributed by atoms with Crippen LogP contribution in [0, 0.1) is 6.92 Å². The number of carbonyl (C=O) groups is 1. The summed E-state index contributed by atoms with van der Waals surface area (Å²) >= 11 is 1.54. The molecule has 0 spiro atoms. The van der Waals surface area contributed by atoms with Gasteiger partial charge in [0.15, 0.2) is 0 Å². The maximum atomic E-state index is 11.8. The van der Waals surface area contributed by atoms with Crippen LogP contribution in [0.1, 0.15) is 10.7 Å². The molecule has 0 aromatic carbocycles. The average molecular weight is 263 g/mol. The number of aryl methyl sites for hydroxylation is 1. The molecule has 1 aliphatic rings. The van der Waals surface area contributed by atoms with Crippen molar-refractivity contribution in [1.82, 2.24) is 25.2 Å². The average Bonchev–Trinajstić information content (AvgIpc) is 3.00. The zero-order valence-corrected chi connectivity index (χ0v) is 10.7. The van der Waals surface area contributed by atoms with Crippen LogP contribution >= 0.6 is 11.3 Å². The van der Waals surface area contributed by atoms with E-state index < -0.39 is 0 Å². The number of aromatic nitrogens is 3. The molecule has 1 aliphatic heterocycles. The summed E-state index contributed by atoms with van der Waals surface area (Å²) in [5, 5.41) is 11.2. The minimum atomic E-state index is -0.214. The molecule has 0 saturated heterocycles. The summed E-state index contributed by atoms with van der Waals surface area (Å²) < 4.78 is 1.75. The number of rotatable bonds is 3. The van der Waals surface area contributed by atoms with Gasteiger partial charge in [-0.15, -0.1) is 0 Å². The van der Waals surface area contributed by atoms with Gasteiger partial charge in [0.25, 0.3) is 0 Å². The smallest absolute Gasteiger partial charge is 0.241 e. The van der Waals surface area contributed by atoms with Crippen LogP contribution in [0.4, 0.5) is 0 Å². The lowest BCUT2D eigenvalue weighted by Crippen LogP contribution is -2.40. The lowest BCUT2D eigenvalue weighted by molar-refractivity contribution is -0.122. The van der Waals surface area contributed by atoms with E-state index in [1.54, 1.807) is 4.52 Å². The predicted octanol–water partition coefficient (Wildman–Crippen LogP) is 0.243. The first-order valence-electron chi connectivity index (χ1n) is 5.72. The van der Waals surface area contributed by atoms with Crippen molar-refractivity contribution < 1.29 is 4.79 Å². The van der Waals surface area contributed by atoms with E-state index in [1.807, 2.05) is 25.3 Å². The molecule has 0 aliphatic carbocycles. The SMILES string of the molecule is Cc1nn2cc(CNC(=O)C3C=CCN3)nc2s1. The minimum Gasteiger partial charge on any atom is -0.349 e. The molecular formula is C11H13N5OS. The Balaban J connectivity index is 1.63. The standard InChI is InChI=1S/C11H13N5OS/c1-7-15-16-6-8(14-11(16)18-7)5-13-10(17)9-3-2-4-12-9/h2-3,6,9,12H,4-5H2,1H3,(H,13,17). The van der Waals surface area contributed by atoms with E-state index in [-0.39, 0.29) is 11.9 Å². The van der Waals surface area contributed by atoms with Crippen LogP contribution < -0.4 is 10.6 Å². The van der Waals surface area contributed by atoms with Crippen molar-refractivity contribution in [2.24, 2.45) is 0 Å². The Morgan fingerprint density at radius 3 is 3.33 bits per heavy atom. The Labute approximate surface area is 108 Å². The summed E-state index contributed by atoms with van der Waals surface area (Å²) in [6.07, 6.45) is 5.66. The van der Waals surface area contributed by atoms with E-state index in [0.717, 1.165) is 22.2 Å². The molecule has 3 heterocycles. The largest absolute Gasteiger partial charge is 0.349 e. The fourth-order valence-corrected chi connectivity index (χ4v) is 2.61. The van der Waals surface area contributed by atoms with E-state index in [2.05, 4.69) is 20.7 Å². The molecule has 0 radical (unpaired) electrons. The van der Waals surface area contributed by atoms with Crippen LogP contribution in [0.25, 0.3) is 4.96 Å². The van der Waals surface area contributed by atoms with Gasteiger partial charge in [-0.05, 0) is 6.92 Å². The lowest BCUT2D eigenvalue weighted by Gasteiger charge is -2.08. The Morgan fingerprint density at radius 1 is 1.72 bits per heavy atom. The third-order valence-corrected chi connectivity index (χ3v) is 3.54. The number of fused-ring (bicyclic) bond motifs is 1. The molecule has 7 heteroatoms. The molecule has 0 fully saturated rings. The second-order valence-corrected chi connectivity index (χ2v) is 5.27. The normalized spacial score (nSPS) is 18.6. The second-order valence-electron chi connectivity index (χ2n) is 4.11. The van der Waals surface area contributed by atoms with Gasteiger partial charge in [0, 0.05) is 6.54 Å². The van der Waals surface area contributed by atoms with Gasteiger partial charge in [0.1, 0.15) is 11.0 Å². The summed E-state index contributed by atoms with van der Waals surface area (Å²) in [6, 6.07) is -0.214. The van der Waals surface area contributed by atoms with Gasteiger partial charge in [-0.3, -0.25) is 10.1 Å². The van der Waals surface area contributed by atoms with Crippen molar-refractivity contribution in [1.29, 1.82) is 0 Å². The number of carbonyl (C=O) groups excluding carboxylic acids is 1. The van der Waals surface area contributed by atoms with Gasteiger partial charge in [0.05, 0.1) is 18.4 Å². The number of imidazole rings is 1. The van der Waals surface area contributed by atoms with Crippen LogP contribution in [0.15, 0.2) is 18.3 Å². The molecule has 18 heavy (non-hydrogen) atoms. The fraction of sp³-hybridized carbons (Fsp3) is 0.364.